The lowest BCUT2D eigenvalue weighted by Crippen LogP contribution is -1.96. The number of rotatable bonds is 3. The maximum absolute atomic E-state index is 6.23. The Morgan fingerprint density at radius 1 is 0.311 bits per heavy atom. The van der Waals surface area contributed by atoms with Crippen LogP contribution in [0.1, 0.15) is 0 Å². The molecule has 10 aromatic rings. The Bertz CT molecular complexity index is 2470. The van der Waals surface area contributed by atoms with Gasteiger partial charge < -0.3 is 13.3 Å². The lowest BCUT2D eigenvalue weighted by atomic mass is 10.0. The smallest absolute Gasteiger partial charge is 0.160 e. The third-order valence-corrected chi connectivity index (χ3v) is 8.71. The zero-order valence-corrected chi connectivity index (χ0v) is 23.8. The number of hydrogen-bond acceptors (Lipinski definition) is 5. The van der Waals surface area contributed by atoms with Crippen LogP contribution in [0.15, 0.2) is 147 Å². The first-order valence-corrected chi connectivity index (χ1v) is 14.9. The third kappa shape index (κ3) is 3.74. The summed E-state index contributed by atoms with van der Waals surface area (Å²) in [6.45, 7) is 0. The van der Waals surface area contributed by atoms with Crippen molar-refractivity contribution in [1.82, 2.24) is 9.97 Å². The largest absolute Gasteiger partial charge is 0.456 e. The van der Waals surface area contributed by atoms with Gasteiger partial charge in [0.25, 0.3) is 0 Å². The van der Waals surface area contributed by atoms with E-state index in [1.807, 2.05) is 66.7 Å². The molecule has 0 fully saturated rings. The zero-order valence-electron chi connectivity index (χ0n) is 23.8. The number of nitrogens with zero attached hydrogens (tertiary/aromatic N) is 2. The first-order valence-electron chi connectivity index (χ1n) is 14.9. The Kier molecular flexibility index (Phi) is 4.93. The van der Waals surface area contributed by atoms with Gasteiger partial charge in [0.2, 0.25) is 0 Å². The van der Waals surface area contributed by atoms with Gasteiger partial charge in [0.1, 0.15) is 33.5 Å². The second kappa shape index (κ2) is 9.15. The number of fused-ring (bicyclic) bond motifs is 9. The van der Waals surface area contributed by atoms with Gasteiger partial charge in [0, 0.05) is 49.0 Å². The standard InChI is InChI=1S/C40H22N2O3/c1-4-10-34-26(7-1)29-16-13-23(19-37(29)43-34)32-22-33(24-14-17-30-27-8-2-5-11-35(27)44-38(30)20-24)42-40(41-32)25-15-18-31-28-9-3-6-12-36(28)45-39(31)21-25/h1-22H. The summed E-state index contributed by atoms with van der Waals surface area (Å²) in [5, 5.41) is 6.51. The topological polar surface area (TPSA) is 65.2 Å². The van der Waals surface area contributed by atoms with Gasteiger partial charge in [-0.3, -0.25) is 0 Å². The predicted octanol–water partition coefficient (Wildman–Crippen LogP) is 11.2. The summed E-state index contributed by atoms with van der Waals surface area (Å²) >= 11 is 0. The molecule has 6 aromatic carbocycles. The fraction of sp³-hybridized carbons (Fsp3) is 0. The number of hydrogen-bond donors (Lipinski definition) is 0. The lowest BCUT2D eigenvalue weighted by molar-refractivity contribution is 0.668. The molecular weight excluding hydrogens is 556 g/mol. The second-order valence-corrected chi connectivity index (χ2v) is 11.4. The molecular formula is C40H22N2O3. The number of benzene rings is 6. The van der Waals surface area contributed by atoms with Crippen molar-refractivity contribution >= 4 is 65.8 Å². The molecule has 210 valence electrons. The highest BCUT2D eigenvalue weighted by molar-refractivity contribution is 6.08. The van der Waals surface area contributed by atoms with E-state index in [4.69, 9.17) is 23.2 Å². The van der Waals surface area contributed by atoms with Crippen molar-refractivity contribution in [2.24, 2.45) is 0 Å². The van der Waals surface area contributed by atoms with E-state index < -0.39 is 0 Å². The van der Waals surface area contributed by atoms with Crippen LogP contribution in [0.25, 0.3) is 99.7 Å². The van der Waals surface area contributed by atoms with Crippen LogP contribution in [0, 0.1) is 0 Å². The summed E-state index contributed by atoms with van der Waals surface area (Å²) in [4.78, 5) is 10.2. The van der Waals surface area contributed by atoms with Crippen LogP contribution >= 0.6 is 0 Å². The minimum absolute atomic E-state index is 0.610. The average Bonchev–Trinajstić information content (AvgIpc) is 3.78. The Labute approximate surface area is 256 Å². The van der Waals surface area contributed by atoms with Crippen LogP contribution < -0.4 is 0 Å². The summed E-state index contributed by atoms with van der Waals surface area (Å²) in [5.41, 5.74) is 9.40. The molecule has 0 radical (unpaired) electrons. The van der Waals surface area contributed by atoms with Crippen molar-refractivity contribution in [2.75, 3.05) is 0 Å². The van der Waals surface area contributed by atoms with E-state index in [0.717, 1.165) is 93.9 Å². The summed E-state index contributed by atoms with van der Waals surface area (Å²) in [5.74, 6) is 0.610. The minimum Gasteiger partial charge on any atom is -0.456 e. The molecule has 0 saturated heterocycles. The second-order valence-electron chi connectivity index (χ2n) is 11.4. The van der Waals surface area contributed by atoms with Crippen LogP contribution in [-0.4, -0.2) is 9.97 Å². The highest BCUT2D eigenvalue weighted by Crippen LogP contribution is 2.37. The molecule has 0 aliphatic carbocycles. The minimum atomic E-state index is 0.610. The first-order chi connectivity index (χ1) is 22.2. The Morgan fingerprint density at radius 3 is 1.11 bits per heavy atom. The van der Waals surface area contributed by atoms with E-state index >= 15 is 0 Å². The van der Waals surface area contributed by atoms with Crippen LogP contribution in [0.2, 0.25) is 0 Å². The molecule has 4 heterocycles. The van der Waals surface area contributed by atoms with E-state index in [1.54, 1.807) is 0 Å². The fourth-order valence-electron chi connectivity index (χ4n) is 6.51. The molecule has 10 rings (SSSR count). The maximum Gasteiger partial charge on any atom is 0.160 e. The molecule has 5 nitrogen and oxygen atoms in total. The van der Waals surface area contributed by atoms with Crippen molar-refractivity contribution < 1.29 is 13.3 Å². The van der Waals surface area contributed by atoms with Crippen molar-refractivity contribution in [3.05, 3.63) is 133 Å². The molecule has 0 unspecified atom stereocenters. The molecule has 0 aliphatic rings. The monoisotopic (exact) mass is 578 g/mol. The SMILES string of the molecule is c1ccc2c(c1)oc1cc(-c3cc(-c4ccc5c(c4)oc4ccccc45)nc(-c4ccc5c(c4)oc4ccccc45)n3)ccc12. The normalized spacial score (nSPS) is 12.0. The quantitative estimate of drug-likeness (QED) is 0.209. The van der Waals surface area contributed by atoms with E-state index in [0.29, 0.717) is 5.82 Å². The molecule has 4 aromatic heterocycles. The van der Waals surface area contributed by atoms with Crippen molar-refractivity contribution in [3.8, 4) is 33.9 Å². The van der Waals surface area contributed by atoms with Gasteiger partial charge >= 0.3 is 0 Å². The molecule has 0 saturated carbocycles. The molecule has 45 heavy (non-hydrogen) atoms. The molecule has 0 N–H and O–H groups in total. The lowest BCUT2D eigenvalue weighted by Gasteiger charge is -2.10. The molecule has 0 amide bonds. The van der Waals surface area contributed by atoms with Crippen molar-refractivity contribution in [1.29, 1.82) is 0 Å². The van der Waals surface area contributed by atoms with Crippen LogP contribution in [-0.2, 0) is 0 Å². The van der Waals surface area contributed by atoms with Gasteiger partial charge in [-0.15, -0.1) is 0 Å². The highest BCUT2D eigenvalue weighted by Gasteiger charge is 2.16. The van der Waals surface area contributed by atoms with E-state index in [2.05, 4.69) is 66.7 Å². The average molecular weight is 579 g/mol. The Morgan fingerprint density at radius 2 is 0.667 bits per heavy atom. The fourth-order valence-corrected chi connectivity index (χ4v) is 6.51. The summed E-state index contributed by atoms with van der Waals surface area (Å²) in [6.07, 6.45) is 0. The van der Waals surface area contributed by atoms with Crippen LogP contribution in [0.4, 0.5) is 0 Å². The van der Waals surface area contributed by atoms with E-state index in [1.165, 1.54) is 0 Å². The third-order valence-electron chi connectivity index (χ3n) is 8.71. The van der Waals surface area contributed by atoms with Gasteiger partial charge in [0.05, 0.1) is 11.4 Å². The number of aromatic nitrogens is 2. The van der Waals surface area contributed by atoms with Gasteiger partial charge in [-0.2, -0.15) is 0 Å². The Hall–Kier alpha value is -6.20. The van der Waals surface area contributed by atoms with Crippen molar-refractivity contribution in [3.63, 3.8) is 0 Å². The van der Waals surface area contributed by atoms with Gasteiger partial charge in [-0.1, -0.05) is 72.8 Å². The van der Waals surface area contributed by atoms with Crippen LogP contribution in [0.3, 0.4) is 0 Å². The van der Waals surface area contributed by atoms with E-state index in [9.17, 15) is 0 Å². The van der Waals surface area contributed by atoms with Gasteiger partial charge in [-0.25, -0.2) is 9.97 Å². The van der Waals surface area contributed by atoms with Crippen molar-refractivity contribution in [2.45, 2.75) is 0 Å². The molecule has 0 spiro atoms. The summed E-state index contributed by atoms with van der Waals surface area (Å²) in [6, 6.07) is 45.1. The first kappa shape index (κ1) is 24.3. The van der Waals surface area contributed by atoms with Gasteiger partial charge in [-0.05, 0) is 60.7 Å². The molecule has 0 aliphatic heterocycles. The summed E-state index contributed by atoms with van der Waals surface area (Å²) in [7, 11) is 0. The number of para-hydroxylation sites is 3. The van der Waals surface area contributed by atoms with Gasteiger partial charge in [0.15, 0.2) is 5.82 Å². The van der Waals surface area contributed by atoms with Crippen LogP contribution in [0.5, 0.6) is 0 Å². The summed E-state index contributed by atoms with van der Waals surface area (Å²) < 4.78 is 18.7. The molecule has 0 atom stereocenters. The van der Waals surface area contributed by atoms with E-state index in [-0.39, 0.29) is 0 Å². The predicted molar refractivity (Wildman–Crippen MR) is 180 cm³/mol. The maximum atomic E-state index is 6.23. The molecule has 5 heteroatoms. The number of furan rings is 3. The molecule has 0 bridgehead atoms. The zero-order chi connectivity index (χ0) is 29.5. The Balaban J connectivity index is 1.18. The highest BCUT2D eigenvalue weighted by atomic mass is 16.3.